The number of benzene rings is 1. The molecule has 10 heteroatoms. The van der Waals surface area contributed by atoms with Gasteiger partial charge in [0.1, 0.15) is 23.7 Å². The second-order valence-electron chi connectivity index (χ2n) is 12.5. The fourth-order valence-corrected chi connectivity index (χ4v) is 7.19. The first-order chi connectivity index (χ1) is 21.9. The number of aliphatic hydroxyl groups is 1. The van der Waals surface area contributed by atoms with Crippen molar-refractivity contribution in [2.45, 2.75) is 88.6 Å². The van der Waals surface area contributed by atoms with Crippen LogP contribution < -0.4 is 5.32 Å². The minimum Gasteiger partial charge on any atom is -0.455 e. The molecule has 4 aliphatic rings. The summed E-state index contributed by atoms with van der Waals surface area (Å²) in [6.07, 6.45) is 12.4. The van der Waals surface area contributed by atoms with Crippen LogP contribution in [0, 0.1) is 11.8 Å². The minimum absolute atomic E-state index is 0.105. The fraction of sp³-hybridized carbons (Fsp3) is 0.600. The van der Waals surface area contributed by atoms with Crippen LogP contribution in [0.4, 0.5) is 0 Å². The van der Waals surface area contributed by atoms with Crippen molar-refractivity contribution in [3.05, 3.63) is 60.2 Å². The summed E-state index contributed by atoms with van der Waals surface area (Å²) in [5.74, 6) is -3.08. The number of carbonyl (C=O) groups is 4. The van der Waals surface area contributed by atoms with Gasteiger partial charge in [-0.25, -0.2) is 0 Å². The van der Waals surface area contributed by atoms with Crippen molar-refractivity contribution in [3.63, 3.8) is 0 Å². The van der Waals surface area contributed by atoms with Crippen molar-refractivity contribution in [2.24, 2.45) is 11.8 Å². The average Bonchev–Trinajstić information content (AvgIpc) is 3.42. The first kappa shape index (κ1) is 32.9. The van der Waals surface area contributed by atoms with E-state index in [1.54, 1.807) is 11.0 Å². The normalized spacial score (nSPS) is 30.8. The van der Waals surface area contributed by atoms with Crippen LogP contribution in [0.25, 0.3) is 0 Å². The number of cyclic esters (lactones) is 1. The number of hydrogen-bond donors (Lipinski definition) is 2. The van der Waals surface area contributed by atoms with Crippen molar-refractivity contribution in [1.82, 2.24) is 15.1 Å². The Labute approximate surface area is 265 Å². The van der Waals surface area contributed by atoms with Crippen LogP contribution in [0.15, 0.2) is 54.6 Å². The molecule has 0 saturated carbocycles. The second-order valence-corrected chi connectivity index (χ2v) is 12.5. The van der Waals surface area contributed by atoms with Crippen LogP contribution >= 0.6 is 0 Å². The Morgan fingerprint density at radius 3 is 2.51 bits per heavy atom. The van der Waals surface area contributed by atoms with Crippen molar-refractivity contribution in [2.75, 3.05) is 32.8 Å². The summed E-state index contributed by atoms with van der Waals surface area (Å²) in [7, 11) is 0. The average molecular weight is 622 g/mol. The molecule has 2 saturated heterocycles. The van der Waals surface area contributed by atoms with Gasteiger partial charge < -0.3 is 29.7 Å². The van der Waals surface area contributed by atoms with E-state index in [-0.39, 0.29) is 37.3 Å². The zero-order valence-electron chi connectivity index (χ0n) is 26.3. The number of hydrogen-bond acceptors (Lipinski definition) is 7. The lowest BCUT2D eigenvalue weighted by atomic mass is 9.78. The molecule has 3 amide bonds. The van der Waals surface area contributed by atoms with Gasteiger partial charge in [-0.15, -0.1) is 0 Å². The number of esters is 1. The monoisotopic (exact) mass is 621 g/mol. The Balaban J connectivity index is 1.51. The van der Waals surface area contributed by atoms with E-state index in [1.165, 1.54) is 0 Å². The lowest BCUT2D eigenvalue weighted by molar-refractivity contribution is -0.160. The molecular formula is C35H47N3O7. The Hall–Kier alpha value is -3.50. The van der Waals surface area contributed by atoms with Gasteiger partial charge >= 0.3 is 5.97 Å². The summed E-state index contributed by atoms with van der Waals surface area (Å²) >= 11 is 0. The van der Waals surface area contributed by atoms with Gasteiger partial charge in [0.2, 0.25) is 17.7 Å². The van der Waals surface area contributed by atoms with Crippen molar-refractivity contribution >= 4 is 23.7 Å². The van der Waals surface area contributed by atoms with E-state index >= 15 is 0 Å². The Morgan fingerprint density at radius 2 is 1.73 bits per heavy atom. The zero-order valence-corrected chi connectivity index (χ0v) is 26.3. The predicted molar refractivity (Wildman–Crippen MR) is 168 cm³/mol. The largest absolute Gasteiger partial charge is 0.455 e. The first-order valence-electron chi connectivity index (χ1n) is 16.7. The quantitative estimate of drug-likeness (QED) is 0.220. The summed E-state index contributed by atoms with van der Waals surface area (Å²) in [5, 5.41) is 12.1. The van der Waals surface area contributed by atoms with E-state index in [1.807, 2.05) is 53.5 Å². The molecule has 45 heavy (non-hydrogen) atoms. The molecule has 0 aliphatic carbocycles. The van der Waals surface area contributed by atoms with E-state index < -0.39 is 41.7 Å². The van der Waals surface area contributed by atoms with Crippen LogP contribution in [0.3, 0.4) is 0 Å². The summed E-state index contributed by atoms with van der Waals surface area (Å²) in [4.78, 5) is 59.0. The smallest absolute Gasteiger partial charge is 0.313 e. The molecule has 2 fully saturated rings. The van der Waals surface area contributed by atoms with Gasteiger partial charge in [-0.05, 0) is 31.2 Å². The maximum atomic E-state index is 14.5. The zero-order chi connectivity index (χ0) is 31.8. The highest BCUT2D eigenvalue weighted by Crippen LogP contribution is 2.53. The van der Waals surface area contributed by atoms with Gasteiger partial charge in [-0.3, -0.25) is 19.2 Å². The molecule has 1 spiro atoms. The maximum absolute atomic E-state index is 14.5. The van der Waals surface area contributed by atoms with E-state index in [0.29, 0.717) is 38.9 Å². The van der Waals surface area contributed by atoms with Crippen LogP contribution in [0.2, 0.25) is 0 Å². The number of nitrogens with one attached hydrogen (secondary N) is 1. The lowest BCUT2D eigenvalue weighted by Gasteiger charge is -2.35. The number of nitrogens with zero attached hydrogens (tertiary/aromatic N) is 2. The van der Waals surface area contributed by atoms with Crippen LogP contribution in [-0.4, -0.2) is 89.1 Å². The Bertz CT molecular complexity index is 1270. The van der Waals surface area contributed by atoms with Gasteiger partial charge in [-0.1, -0.05) is 87.2 Å². The maximum Gasteiger partial charge on any atom is 0.313 e. The van der Waals surface area contributed by atoms with Gasteiger partial charge in [0.15, 0.2) is 0 Å². The predicted octanol–water partition coefficient (Wildman–Crippen LogP) is 3.46. The highest BCUT2D eigenvalue weighted by atomic mass is 16.6. The molecule has 4 aliphatic heterocycles. The van der Waals surface area contributed by atoms with E-state index in [0.717, 1.165) is 37.7 Å². The highest BCUT2D eigenvalue weighted by molar-refractivity contribution is 5.99. The second kappa shape index (κ2) is 15.2. The highest BCUT2D eigenvalue weighted by Gasteiger charge is 2.71. The van der Waals surface area contributed by atoms with Gasteiger partial charge in [0.05, 0.1) is 18.6 Å². The third-order valence-corrected chi connectivity index (χ3v) is 9.47. The molecule has 10 nitrogen and oxygen atoms in total. The number of amides is 3. The number of unbranched alkanes of at least 4 members (excludes halogenated alkanes) is 5. The number of fused-ring (bicyclic) bond motifs is 2. The third kappa shape index (κ3) is 7.02. The summed E-state index contributed by atoms with van der Waals surface area (Å²) < 4.78 is 12.9. The molecule has 5 rings (SSSR count). The van der Waals surface area contributed by atoms with Crippen LogP contribution in [0.1, 0.15) is 76.4 Å². The summed E-state index contributed by atoms with van der Waals surface area (Å²) in [5.41, 5.74) is -0.593. The first-order valence-corrected chi connectivity index (χ1v) is 16.7. The van der Waals surface area contributed by atoms with Gasteiger partial charge in [-0.2, -0.15) is 0 Å². The molecule has 0 radical (unpaired) electrons. The molecule has 0 bridgehead atoms. The molecule has 0 aromatic heterocycles. The van der Waals surface area contributed by atoms with E-state index in [2.05, 4.69) is 12.2 Å². The fourth-order valence-electron chi connectivity index (χ4n) is 7.19. The van der Waals surface area contributed by atoms with Crippen LogP contribution in [-0.2, 0) is 28.7 Å². The molecule has 1 aromatic carbocycles. The lowest BCUT2D eigenvalue weighted by Crippen LogP contribution is -2.55. The minimum atomic E-state index is -1.33. The Morgan fingerprint density at radius 1 is 0.956 bits per heavy atom. The van der Waals surface area contributed by atoms with E-state index in [9.17, 15) is 24.3 Å². The topological polar surface area (TPSA) is 125 Å². The summed E-state index contributed by atoms with van der Waals surface area (Å²) in [6, 6.07) is 8.34. The molecule has 4 heterocycles. The number of ether oxygens (including phenoxy) is 2. The molecule has 2 N–H and O–H groups in total. The van der Waals surface area contributed by atoms with Crippen LogP contribution in [0.5, 0.6) is 0 Å². The number of likely N-dealkylation sites (tertiary alicyclic amines) is 1. The van der Waals surface area contributed by atoms with Gasteiger partial charge in [0.25, 0.3) is 0 Å². The molecule has 244 valence electrons. The SMILES string of the molecule is CCCCCN1CC=C[C@]23O[C@@H]4/C=C\CCC(=O)NC[C@@H](c5ccccc5)OC(=O)[C@@H]4[C@H]2C(=O)N(CCCCCCO)[C@@H]3C1=O. The molecule has 1 aromatic rings. The van der Waals surface area contributed by atoms with Gasteiger partial charge in [0, 0.05) is 32.7 Å². The van der Waals surface area contributed by atoms with E-state index in [4.69, 9.17) is 9.47 Å². The third-order valence-electron chi connectivity index (χ3n) is 9.47. The number of allylic oxidation sites excluding steroid dienone is 1. The number of rotatable bonds is 11. The number of carbonyl (C=O) groups excluding carboxylic acids is 4. The van der Waals surface area contributed by atoms with Crippen molar-refractivity contribution in [1.29, 1.82) is 0 Å². The standard InChI is InChI=1S/C35H47N3O7/c1-2-3-11-20-37-21-14-19-35-30(32(41)38(31(35)33(37)42)22-12-4-5-13-23-39)29-26(45-35)17-9-10-18-28(40)36-24-27(44-34(29)43)25-15-7-6-8-16-25/h6-9,14-17,19,26-27,29-31,39H,2-5,10-13,18,20-24H2,1H3,(H,36,40)/b17-9-/t26-,27+,29+,30+,31-,35+/m1/s1. The summed E-state index contributed by atoms with van der Waals surface area (Å²) in [6.45, 7) is 3.70. The van der Waals surface area contributed by atoms with Crippen molar-refractivity contribution < 1.29 is 33.8 Å². The number of aliphatic hydroxyl groups excluding tert-OH is 1. The molecule has 6 atom stereocenters. The Kier molecular flexibility index (Phi) is 11.1. The van der Waals surface area contributed by atoms with Crippen molar-refractivity contribution in [3.8, 4) is 0 Å². The molecular weight excluding hydrogens is 574 g/mol. The molecule has 0 unspecified atom stereocenters.